The van der Waals surface area contributed by atoms with Crippen LogP contribution in [0.5, 0.6) is 0 Å². The second-order valence-corrected chi connectivity index (χ2v) is 5.25. The van der Waals surface area contributed by atoms with Crippen molar-refractivity contribution in [3.05, 3.63) is 64.7 Å². The van der Waals surface area contributed by atoms with E-state index >= 15 is 0 Å². The van der Waals surface area contributed by atoms with Crippen LogP contribution in [0.25, 0.3) is 0 Å². The molecular formula is C17H19ClN2O. The first-order valence-electron chi connectivity index (χ1n) is 7.05. The summed E-state index contributed by atoms with van der Waals surface area (Å²) in [5.74, 6) is -0.0769. The second kappa shape index (κ2) is 7.70. The van der Waals surface area contributed by atoms with Gasteiger partial charge in [-0.05, 0) is 48.4 Å². The summed E-state index contributed by atoms with van der Waals surface area (Å²) < 4.78 is 0. The van der Waals surface area contributed by atoms with E-state index in [-0.39, 0.29) is 5.91 Å². The third-order valence-corrected chi connectivity index (χ3v) is 3.34. The average Bonchev–Trinajstić information content (AvgIpc) is 2.52. The summed E-state index contributed by atoms with van der Waals surface area (Å²) in [6, 6.07) is 14.9. The van der Waals surface area contributed by atoms with E-state index in [1.165, 1.54) is 0 Å². The van der Waals surface area contributed by atoms with Crippen molar-refractivity contribution in [2.45, 2.75) is 19.9 Å². The molecule has 0 atom stereocenters. The number of halogens is 1. The zero-order valence-corrected chi connectivity index (χ0v) is 12.8. The van der Waals surface area contributed by atoms with Crippen molar-refractivity contribution < 1.29 is 4.79 Å². The van der Waals surface area contributed by atoms with Gasteiger partial charge in [-0.15, -0.1) is 0 Å². The van der Waals surface area contributed by atoms with Crippen molar-refractivity contribution in [3.8, 4) is 0 Å². The number of rotatable bonds is 6. The van der Waals surface area contributed by atoms with E-state index in [0.29, 0.717) is 17.1 Å². The van der Waals surface area contributed by atoms with Crippen LogP contribution >= 0.6 is 11.6 Å². The SMILES string of the molecule is CCCNc1ccc(C(=O)NCc2ccc(Cl)cc2)cc1. The zero-order valence-electron chi connectivity index (χ0n) is 12.0. The Kier molecular flexibility index (Phi) is 5.64. The van der Waals surface area contributed by atoms with E-state index in [4.69, 9.17) is 11.6 Å². The largest absolute Gasteiger partial charge is 0.385 e. The number of benzene rings is 2. The lowest BCUT2D eigenvalue weighted by atomic mass is 10.1. The summed E-state index contributed by atoms with van der Waals surface area (Å²) in [5, 5.41) is 6.87. The topological polar surface area (TPSA) is 41.1 Å². The summed E-state index contributed by atoms with van der Waals surface area (Å²) in [6.45, 7) is 3.54. The summed E-state index contributed by atoms with van der Waals surface area (Å²) in [5.41, 5.74) is 2.71. The van der Waals surface area contributed by atoms with Gasteiger partial charge in [0.25, 0.3) is 5.91 Å². The highest BCUT2D eigenvalue weighted by molar-refractivity contribution is 6.30. The third-order valence-electron chi connectivity index (χ3n) is 3.09. The summed E-state index contributed by atoms with van der Waals surface area (Å²) in [4.78, 5) is 12.1. The van der Waals surface area contributed by atoms with Crippen LogP contribution in [0.2, 0.25) is 5.02 Å². The minimum absolute atomic E-state index is 0.0769. The maximum atomic E-state index is 12.1. The Bertz CT molecular complexity index is 579. The molecule has 1 amide bonds. The fraction of sp³-hybridized carbons (Fsp3) is 0.235. The molecule has 4 heteroatoms. The molecule has 3 nitrogen and oxygen atoms in total. The Labute approximate surface area is 130 Å². The molecule has 0 saturated heterocycles. The van der Waals surface area contributed by atoms with Gasteiger partial charge in [0.15, 0.2) is 0 Å². The van der Waals surface area contributed by atoms with Crippen molar-refractivity contribution in [1.82, 2.24) is 5.32 Å². The fourth-order valence-electron chi connectivity index (χ4n) is 1.90. The normalized spacial score (nSPS) is 10.2. The zero-order chi connectivity index (χ0) is 15.1. The van der Waals surface area contributed by atoms with Crippen LogP contribution in [-0.4, -0.2) is 12.5 Å². The predicted octanol–water partition coefficient (Wildman–Crippen LogP) is 4.09. The molecule has 0 heterocycles. The molecule has 2 rings (SSSR count). The first-order valence-corrected chi connectivity index (χ1v) is 7.43. The number of amides is 1. The van der Waals surface area contributed by atoms with Crippen LogP contribution in [0.1, 0.15) is 29.3 Å². The molecule has 21 heavy (non-hydrogen) atoms. The predicted molar refractivity (Wildman–Crippen MR) is 87.8 cm³/mol. The number of hydrogen-bond acceptors (Lipinski definition) is 2. The van der Waals surface area contributed by atoms with E-state index in [1.807, 2.05) is 48.5 Å². The molecule has 0 spiro atoms. The molecule has 2 aromatic rings. The lowest BCUT2D eigenvalue weighted by molar-refractivity contribution is 0.0951. The molecule has 2 aromatic carbocycles. The Hall–Kier alpha value is -2.00. The monoisotopic (exact) mass is 302 g/mol. The van der Waals surface area contributed by atoms with Gasteiger partial charge in [0.2, 0.25) is 0 Å². The van der Waals surface area contributed by atoms with Crippen molar-refractivity contribution in [2.75, 3.05) is 11.9 Å². The first-order chi connectivity index (χ1) is 10.2. The van der Waals surface area contributed by atoms with Gasteiger partial charge >= 0.3 is 0 Å². The van der Waals surface area contributed by atoms with E-state index < -0.39 is 0 Å². The van der Waals surface area contributed by atoms with Gasteiger partial charge in [-0.3, -0.25) is 4.79 Å². The lowest BCUT2D eigenvalue weighted by Gasteiger charge is -2.08. The smallest absolute Gasteiger partial charge is 0.251 e. The molecule has 0 aromatic heterocycles. The van der Waals surface area contributed by atoms with Gasteiger partial charge < -0.3 is 10.6 Å². The molecule has 2 N–H and O–H groups in total. The molecule has 0 bridgehead atoms. The minimum Gasteiger partial charge on any atom is -0.385 e. The Morgan fingerprint density at radius 2 is 1.71 bits per heavy atom. The Morgan fingerprint density at radius 1 is 1.05 bits per heavy atom. The van der Waals surface area contributed by atoms with Gasteiger partial charge in [-0.2, -0.15) is 0 Å². The van der Waals surface area contributed by atoms with Crippen LogP contribution in [0.15, 0.2) is 48.5 Å². The number of carbonyl (C=O) groups is 1. The van der Waals surface area contributed by atoms with E-state index in [9.17, 15) is 4.79 Å². The maximum Gasteiger partial charge on any atom is 0.251 e. The molecule has 0 aliphatic rings. The number of anilines is 1. The van der Waals surface area contributed by atoms with E-state index in [2.05, 4.69) is 17.6 Å². The van der Waals surface area contributed by atoms with E-state index in [0.717, 1.165) is 24.2 Å². The first kappa shape index (κ1) is 15.4. The quantitative estimate of drug-likeness (QED) is 0.844. The summed E-state index contributed by atoms with van der Waals surface area (Å²) in [7, 11) is 0. The lowest BCUT2D eigenvalue weighted by Crippen LogP contribution is -2.22. The molecule has 0 aliphatic heterocycles. The number of carbonyl (C=O) groups excluding carboxylic acids is 1. The van der Waals surface area contributed by atoms with Crippen LogP contribution in [0.4, 0.5) is 5.69 Å². The van der Waals surface area contributed by atoms with Crippen LogP contribution < -0.4 is 10.6 Å². The van der Waals surface area contributed by atoms with Crippen LogP contribution in [-0.2, 0) is 6.54 Å². The molecule has 0 saturated carbocycles. The molecule has 0 aliphatic carbocycles. The maximum absolute atomic E-state index is 12.1. The molecule has 0 radical (unpaired) electrons. The van der Waals surface area contributed by atoms with Gasteiger partial charge in [0.1, 0.15) is 0 Å². The Balaban J connectivity index is 1.89. The van der Waals surface area contributed by atoms with Gasteiger partial charge in [0.05, 0.1) is 0 Å². The standard InChI is InChI=1S/C17H19ClN2O/c1-2-11-19-16-9-5-14(6-10-16)17(21)20-12-13-3-7-15(18)8-4-13/h3-10,19H,2,11-12H2,1H3,(H,20,21). The van der Waals surface area contributed by atoms with Crippen molar-refractivity contribution in [3.63, 3.8) is 0 Å². The van der Waals surface area contributed by atoms with Crippen molar-refractivity contribution in [1.29, 1.82) is 0 Å². The number of nitrogens with one attached hydrogen (secondary N) is 2. The van der Waals surface area contributed by atoms with Gasteiger partial charge in [-0.1, -0.05) is 30.7 Å². The van der Waals surface area contributed by atoms with Crippen molar-refractivity contribution >= 4 is 23.2 Å². The second-order valence-electron chi connectivity index (χ2n) is 4.81. The van der Waals surface area contributed by atoms with Crippen LogP contribution in [0, 0.1) is 0 Å². The molecule has 0 unspecified atom stereocenters. The summed E-state index contributed by atoms with van der Waals surface area (Å²) in [6.07, 6.45) is 1.07. The molecular weight excluding hydrogens is 284 g/mol. The highest BCUT2D eigenvalue weighted by Crippen LogP contribution is 2.11. The third kappa shape index (κ3) is 4.80. The van der Waals surface area contributed by atoms with Crippen LogP contribution in [0.3, 0.4) is 0 Å². The minimum atomic E-state index is -0.0769. The van der Waals surface area contributed by atoms with E-state index in [1.54, 1.807) is 0 Å². The van der Waals surface area contributed by atoms with Crippen molar-refractivity contribution in [2.24, 2.45) is 0 Å². The molecule has 0 fully saturated rings. The van der Waals surface area contributed by atoms with Gasteiger partial charge in [-0.25, -0.2) is 0 Å². The van der Waals surface area contributed by atoms with Gasteiger partial charge in [0, 0.05) is 29.4 Å². The average molecular weight is 303 g/mol. The Morgan fingerprint density at radius 3 is 2.33 bits per heavy atom. The highest BCUT2D eigenvalue weighted by Gasteiger charge is 2.05. The summed E-state index contributed by atoms with van der Waals surface area (Å²) >= 11 is 5.83. The number of hydrogen-bond donors (Lipinski definition) is 2. The highest BCUT2D eigenvalue weighted by atomic mass is 35.5. The fourth-order valence-corrected chi connectivity index (χ4v) is 2.02. The molecule has 110 valence electrons.